The Morgan fingerprint density at radius 2 is 1.64 bits per heavy atom. The highest BCUT2D eigenvalue weighted by molar-refractivity contribution is 7.91. The number of nitrogens with zero attached hydrogens (tertiary/aromatic N) is 3. The van der Waals surface area contributed by atoms with Crippen LogP contribution < -0.4 is 25.9 Å². The minimum Gasteiger partial charge on any atom is -0.444 e. The SMILES string of the molecule is Cn1nc(S(N)(=O)=O)s/c1=N\S(=O)(=O)c1ccc(NC(=O)CNC(=O)CNC(=O)OC(C)(C)C)cc1. The van der Waals surface area contributed by atoms with Crippen molar-refractivity contribution < 1.29 is 36.0 Å². The third kappa shape index (κ3) is 9.02. The minimum atomic E-state index is -4.24. The molecule has 0 saturated heterocycles. The molecule has 2 rings (SSSR count). The molecule has 0 aliphatic rings. The number of aryl methyl sites for hydroxylation is 1. The van der Waals surface area contributed by atoms with Crippen molar-refractivity contribution in [3.05, 3.63) is 29.1 Å². The van der Waals surface area contributed by atoms with Crippen molar-refractivity contribution in [1.82, 2.24) is 20.4 Å². The van der Waals surface area contributed by atoms with E-state index in [0.717, 1.165) is 4.68 Å². The molecule has 5 N–H and O–H groups in total. The number of hydrogen-bond acceptors (Lipinski definition) is 10. The first kappa shape index (κ1) is 28.9. The summed E-state index contributed by atoms with van der Waals surface area (Å²) in [7, 11) is -7.05. The van der Waals surface area contributed by atoms with Crippen molar-refractivity contribution in [3.8, 4) is 0 Å². The smallest absolute Gasteiger partial charge is 0.408 e. The first-order valence-electron chi connectivity index (χ1n) is 9.98. The molecule has 0 saturated carbocycles. The maximum Gasteiger partial charge on any atom is 0.408 e. The predicted molar refractivity (Wildman–Crippen MR) is 128 cm³/mol. The number of amides is 3. The number of alkyl carbamates (subject to hydrolysis) is 1. The van der Waals surface area contributed by atoms with Crippen molar-refractivity contribution in [2.45, 2.75) is 35.6 Å². The Labute approximate surface area is 210 Å². The summed E-state index contributed by atoms with van der Waals surface area (Å²) < 4.78 is 56.9. The van der Waals surface area contributed by atoms with Gasteiger partial charge in [-0.1, -0.05) is 11.3 Å². The zero-order chi connectivity index (χ0) is 27.3. The topological polar surface area (TPSA) is 221 Å². The molecule has 36 heavy (non-hydrogen) atoms. The Bertz CT molecular complexity index is 1420. The van der Waals surface area contributed by atoms with Crippen molar-refractivity contribution in [2.24, 2.45) is 16.6 Å². The van der Waals surface area contributed by atoms with Crippen molar-refractivity contribution >= 4 is 55.0 Å². The monoisotopic (exact) mass is 563 g/mol. The van der Waals surface area contributed by atoms with E-state index in [0.29, 0.717) is 11.3 Å². The number of carbonyl (C=O) groups excluding carboxylic acids is 3. The maximum atomic E-state index is 12.6. The molecule has 0 fully saturated rings. The lowest BCUT2D eigenvalue weighted by Crippen LogP contribution is -2.41. The fourth-order valence-corrected chi connectivity index (χ4v) is 5.07. The van der Waals surface area contributed by atoms with Gasteiger partial charge in [0.15, 0.2) is 0 Å². The molecule has 198 valence electrons. The van der Waals surface area contributed by atoms with E-state index < -0.39 is 61.0 Å². The predicted octanol–water partition coefficient (Wildman–Crippen LogP) is -1.00. The van der Waals surface area contributed by atoms with Crippen molar-refractivity contribution in [2.75, 3.05) is 18.4 Å². The Balaban J connectivity index is 1.95. The van der Waals surface area contributed by atoms with E-state index in [9.17, 15) is 31.2 Å². The molecule has 0 aliphatic heterocycles. The molecule has 15 nitrogen and oxygen atoms in total. The normalized spacial score (nSPS) is 12.6. The van der Waals surface area contributed by atoms with E-state index in [1.54, 1.807) is 20.8 Å². The second kappa shape index (κ2) is 11.1. The van der Waals surface area contributed by atoms with Crippen LogP contribution in [0.2, 0.25) is 0 Å². The molecule has 0 spiro atoms. The molecular weight excluding hydrogens is 538 g/mol. The van der Waals surface area contributed by atoms with E-state index >= 15 is 0 Å². The van der Waals surface area contributed by atoms with Gasteiger partial charge in [-0.25, -0.2) is 23.0 Å². The second-order valence-electron chi connectivity index (χ2n) is 8.09. The highest BCUT2D eigenvalue weighted by Gasteiger charge is 2.19. The molecule has 0 atom stereocenters. The lowest BCUT2D eigenvalue weighted by atomic mass is 10.2. The van der Waals surface area contributed by atoms with Gasteiger partial charge in [-0.15, -0.1) is 9.50 Å². The molecule has 1 aromatic heterocycles. The summed E-state index contributed by atoms with van der Waals surface area (Å²) in [5.74, 6) is -1.23. The van der Waals surface area contributed by atoms with Crippen LogP contribution in [0.3, 0.4) is 0 Å². The van der Waals surface area contributed by atoms with E-state index in [1.165, 1.54) is 31.3 Å². The second-order valence-corrected chi connectivity index (χ2v) is 12.4. The molecule has 0 unspecified atom stereocenters. The van der Waals surface area contributed by atoms with E-state index in [-0.39, 0.29) is 15.4 Å². The first-order chi connectivity index (χ1) is 16.5. The average Bonchev–Trinajstić information content (AvgIpc) is 3.10. The van der Waals surface area contributed by atoms with Gasteiger partial charge >= 0.3 is 6.09 Å². The molecular formula is C18H25N7O8S3. The standard InChI is InChI=1S/C18H25N7O8S3/c1-18(2,3)33-16(28)21-9-13(26)20-10-14(27)22-11-5-7-12(8-6-11)36(31,32)24-15-25(4)23-17(34-15)35(19,29)30/h5-8H,9-10H2,1-4H3,(H,20,26)(H,21,28)(H,22,27)(H2,19,29,30)/b24-15-. The zero-order valence-corrected chi connectivity index (χ0v) is 22.1. The Hall–Kier alpha value is -3.35. The van der Waals surface area contributed by atoms with Gasteiger partial charge in [-0.3, -0.25) is 9.59 Å². The number of primary sulfonamides is 1. The Morgan fingerprint density at radius 3 is 2.17 bits per heavy atom. The summed E-state index contributed by atoms with van der Waals surface area (Å²) in [6.07, 6.45) is -0.780. The van der Waals surface area contributed by atoms with Crippen LogP contribution in [0.5, 0.6) is 0 Å². The van der Waals surface area contributed by atoms with Crippen molar-refractivity contribution in [1.29, 1.82) is 0 Å². The lowest BCUT2D eigenvalue weighted by Gasteiger charge is -2.19. The van der Waals surface area contributed by atoms with Gasteiger partial charge in [0, 0.05) is 12.7 Å². The Morgan fingerprint density at radius 1 is 1.06 bits per heavy atom. The molecule has 1 heterocycles. The first-order valence-corrected chi connectivity index (χ1v) is 13.8. The number of rotatable bonds is 8. The van der Waals surface area contributed by atoms with Crippen LogP contribution in [-0.2, 0) is 41.4 Å². The van der Waals surface area contributed by atoms with Crippen LogP contribution in [0, 0.1) is 0 Å². The molecule has 0 radical (unpaired) electrons. The zero-order valence-electron chi connectivity index (χ0n) is 19.6. The van der Waals surface area contributed by atoms with Gasteiger partial charge in [-0.05, 0) is 45.0 Å². The molecule has 18 heteroatoms. The van der Waals surface area contributed by atoms with Gasteiger partial charge in [-0.2, -0.15) is 8.42 Å². The highest BCUT2D eigenvalue weighted by Crippen LogP contribution is 2.16. The van der Waals surface area contributed by atoms with Gasteiger partial charge in [0.1, 0.15) is 12.1 Å². The number of aromatic nitrogens is 2. The van der Waals surface area contributed by atoms with Gasteiger partial charge in [0.25, 0.3) is 20.0 Å². The average molecular weight is 564 g/mol. The maximum absolute atomic E-state index is 12.6. The van der Waals surface area contributed by atoms with Crippen LogP contribution in [0.4, 0.5) is 10.5 Å². The third-order valence-corrected chi connectivity index (χ3v) is 7.51. The molecule has 2 aromatic rings. The number of carbonyl (C=O) groups is 3. The highest BCUT2D eigenvalue weighted by atomic mass is 32.2. The Kier molecular flexibility index (Phi) is 8.94. The van der Waals surface area contributed by atoms with Crippen LogP contribution in [0.1, 0.15) is 20.8 Å². The van der Waals surface area contributed by atoms with E-state index in [4.69, 9.17) is 9.88 Å². The number of nitrogens with one attached hydrogen (secondary N) is 3. The van der Waals surface area contributed by atoms with Gasteiger partial charge < -0.3 is 20.7 Å². The van der Waals surface area contributed by atoms with Crippen LogP contribution >= 0.6 is 11.3 Å². The van der Waals surface area contributed by atoms with Crippen molar-refractivity contribution in [3.63, 3.8) is 0 Å². The number of nitrogens with two attached hydrogens (primary N) is 1. The summed E-state index contributed by atoms with van der Waals surface area (Å²) in [5, 5.41) is 15.7. The molecule has 0 aliphatic carbocycles. The summed E-state index contributed by atoms with van der Waals surface area (Å²) in [4.78, 5) is 34.9. The third-order valence-electron chi connectivity index (χ3n) is 3.80. The molecule has 3 amide bonds. The number of ether oxygens (including phenoxy) is 1. The van der Waals surface area contributed by atoms with Gasteiger partial charge in [0.2, 0.25) is 21.0 Å². The van der Waals surface area contributed by atoms with E-state index in [1.807, 2.05) is 0 Å². The number of benzene rings is 1. The van der Waals surface area contributed by atoms with Crippen LogP contribution in [0.15, 0.2) is 37.9 Å². The summed E-state index contributed by atoms with van der Waals surface area (Å²) in [6, 6.07) is 4.96. The fraction of sp³-hybridized carbons (Fsp3) is 0.389. The quantitative estimate of drug-likeness (QED) is 0.309. The molecule has 1 aromatic carbocycles. The largest absolute Gasteiger partial charge is 0.444 e. The van der Waals surface area contributed by atoms with Gasteiger partial charge in [0.05, 0.1) is 11.4 Å². The van der Waals surface area contributed by atoms with Crippen LogP contribution in [0.25, 0.3) is 0 Å². The summed E-state index contributed by atoms with van der Waals surface area (Å²) >= 11 is 0.486. The van der Waals surface area contributed by atoms with E-state index in [2.05, 4.69) is 25.4 Å². The fourth-order valence-electron chi connectivity index (χ4n) is 2.30. The minimum absolute atomic E-state index is 0.215. The number of anilines is 1. The molecule has 0 bridgehead atoms. The number of hydrogen-bond donors (Lipinski definition) is 4. The summed E-state index contributed by atoms with van der Waals surface area (Å²) in [6.45, 7) is 4.21. The van der Waals surface area contributed by atoms with Crippen LogP contribution in [-0.4, -0.2) is 63.2 Å². The number of sulfonamides is 2. The lowest BCUT2D eigenvalue weighted by molar-refractivity contribution is -0.123. The summed E-state index contributed by atoms with van der Waals surface area (Å²) in [5.41, 5.74) is -0.486.